The van der Waals surface area contributed by atoms with E-state index in [0.29, 0.717) is 11.0 Å². The average molecular weight is 248 g/mol. The molecule has 0 bridgehead atoms. The fourth-order valence-corrected chi connectivity index (χ4v) is 1.77. The molecular formula is C11H12N4O3. The molecule has 1 heterocycles. The molecule has 2 rings (SSSR count). The predicted octanol–water partition coefficient (Wildman–Crippen LogP) is 0.566. The van der Waals surface area contributed by atoms with Gasteiger partial charge in [-0.15, -0.1) is 5.10 Å². The van der Waals surface area contributed by atoms with Crippen LogP contribution in [0.4, 0.5) is 0 Å². The number of carboxylic acid groups (broad SMARTS) is 1. The molecular weight excluding hydrogens is 236 g/mol. The number of hydrogen-bond donors (Lipinski definition) is 2. The standard InChI is InChI=1S/C11H12N4O3/c1-6(4-10(12)16)15-9-5-7(11(17)18)2-3-8(9)13-14-15/h2-3,5-6H,4H2,1H3,(H2,12,16)(H,17,18). The minimum absolute atomic E-state index is 0.121. The van der Waals surface area contributed by atoms with Crippen molar-refractivity contribution in [2.24, 2.45) is 5.73 Å². The van der Waals surface area contributed by atoms with Crippen LogP contribution in [0, 0.1) is 0 Å². The monoisotopic (exact) mass is 248 g/mol. The Bertz CT molecular complexity index is 620. The highest BCUT2D eigenvalue weighted by Crippen LogP contribution is 2.19. The molecule has 7 nitrogen and oxygen atoms in total. The molecule has 0 saturated carbocycles. The Morgan fingerprint density at radius 1 is 1.50 bits per heavy atom. The summed E-state index contributed by atoms with van der Waals surface area (Å²) in [5.41, 5.74) is 6.43. The quantitative estimate of drug-likeness (QED) is 0.821. The number of nitrogens with two attached hydrogens (primary N) is 1. The van der Waals surface area contributed by atoms with Gasteiger partial charge in [-0.3, -0.25) is 4.79 Å². The lowest BCUT2D eigenvalue weighted by Gasteiger charge is -2.10. The van der Waals surface area contributed by atoms with Crippen molar-refractivity contribution >= 4 is 22.9 Å². The number of aromatic carboxylic acids is 1. The molecule has 1 unspecified atom stereocenters. The predicted molar refractivity (Wildman–Crippen MR) is 63.0 cm³/mol. The van der Waals surface area contributed by atoms with Crippen molar-refractivity contribution in [3.63, 3.8) is 0 Å². The lowest BCUT2D eigenvalue weighted by molar-refractivity contribution is -0.118. The third kappa shape index (κ3) is 2.15. The fraction of sp³-hybridized carbons (Fsp3) is 0.273. The molecule has 1 amide bonds. The van der Waals surface area contributed by atoms with Crippen LogP contribution in [0.3, 0.4) is 0 Å². The molecule has 0 spiro atoms. The molecule has 94 valence electrons. The second-order valence-corrected chi connectivity index (χ2v) is 4.06. The van der Waals surface area contributed by atoms with Gasteiger partial charge in [0.1, 0.15) is 5.52 Å². The first-order chi connectivity index (χ1) is 8.49. The molecule has 7 heteroatoms. The molecule has 0 aliphatic rings. The van der Waals surface area contributed by atoms with Gasteiger partial charge in [0.05, 0.1) is 17.1 Å². The van der Waals surface area contributed by atoms with E-state index in [4.69, 9.17) is 10.8 Å². The van der Waals surface area contributed by atoms with Crippen LogP contribution in [0.25, 0.3) is 11.0 Å². The van der Waals surface area contributed by atoms with E-state index in [2.05, 4.69) is 10.3 Å². The van der Waals surface area contributed by atoms with Crippen LogP contribution in [0.1, 0.15) is 29.7 Å². The van der Waals surface area contributed by atoms with Crippen LogP contribution >= 0.6 is 0 Å². The summed E-state index contributed by atoms with van der Waals surface area (Å²) in [4.78, 5) is 21.8. The molecule has 0 aliphatic carbocycles. The summed E-state index contributed by atoms with van der Waals surface area (Å²) in [6, 6.07) is 4.26. The minimum atomic E-state index is -1.02. The van der Waals surface area contributed by atoms with Crippen molar-refractivity contribution in [2.75, 3.05) is 0 Å². The third-order valence-electron chi connectivity index (χ3n) is 2.63. The first-order valence-corrected chi connectivity index (χ1v) is 5.35. The van der Waals surface area contributed by atoms with Gasteiger partial charge in [0.25, 0.3) is 0 Å². The molecule has 0 saturated heterocycles. The number of aromatic nitrogens is 3. The van der Waals surface area contributed by atoms with Crippen molar-refractivity contribution < 1.29 is 14.7 Å². The van der Waals surface area contributed by atoms with Gasteiger partial charge in [-0.25, -0.2) is 9.48 Å². The topological polar surface area (TPSA) is 111 Å². The summed E-state index contributed by atoms with van der Waals surface area (Å²) in [6.45, 7) is 1.77. The highest BCUT2D eigenvalue weighted by Gasteiger charge is 2.15. The molecule has 3 N–H and O–H groups in total. The lowest BCUT2D eigenvalue weighted by Crippen LogP contribution is -2.18. The second kappa shape index (κ2) is 4.44. The van der Waals surface area contributed by atoms with E-state index in [-0.39, 0.29) is 18.0 Å². The molecule has 2 aromatic rings. The summed E-state index contributed by atoms with van der Waals surface area (Å²) >= 11 is 0. The summed E-state index contributed by atoms with van der Waals surface area (Å²) in [7, 11) is 0. The Labute approximate surface area is 102 Å². The summed E-state index contributed by atoms with van der Waals surface area (Å²) in [5.74, 6) is -1.47. The maximum Gasteiger partial charge on any atom is 0.335 e. The molecule has 1 aromatic heterocycles. The van der Waals surface area contributed by atoms with E-state index < -0.39 is 11.9 Å². The van der Waals surface area contributed by atoms with Gasteiger partial charge >= 0.3 is 5.97 Å². The van der Waals surface area contributed by atoms with Gasteiger partial charge in [0.15, 0.2) is 0 Å². The zero-order valence-electron chi connectivity index (χ0n) is 9.70. The lowest BCUT2D eigenvalue weighted by atomic mass is 10.2. The first kappa shape index (κ1) is 12.0. The van der Waals surface area contributed by atoms with E-state index >= 15 is 0 Å². The van der Waals surface area contributed by atoms with Crippen molar-refractivity contribution in [3.8, 4) is 0 Å². The Kier molecular flexibility index (Phi) is 2.97. The van der Waals surface area contributed by atoms with Gasteiger partial charge in [-0.1, -0.05) is 5.21 Å². The number of carbonyl (C=O) groups excluding carboxylic acids is 1. The highest BCUT2D eigenvalue weighted by molar-refractivity contribution is 5.92. The molecule has 1 aromatic carbocycles. The van der Waals surface area contributed by atoms with E-state index in [0.717, 1.165) is 0 Å². The van der Waals surface area contributed by atoms with Crippen molar-refractivity contribution in [3.05, 3.63) is 23.8 Å². The van der Waals surface area contributed by atoms with Crippen molar-refractivity contribution in [2.45, 2.75) is 19.4 Å². The normalized spacial score (nSPS) is 12.5. The van der Waals surface area contributed by atoms with Gasteiger partial charge in [0.2, 0.25) is 5.91 Å². The Balaban J connectivity index is 2.48. The number of benzene rings is 1. The van der Waals surface area contributed by atoms with E-state index in [1.165, 1.54) is 16.8 Å². The van der Waals surface area contributed by atoms with Gasteiger partial charge in [-0.2, -0.15) is 0 Å². The van der Waals surface area contributed by atoms with Crippen LogP contribution in [0.5, 0.6) is 0 Å². The van der Waals surface area contributed by atoms with Gasteiger partial charge in [-0.05, 0) is 25.1 Å². The fourth-order valence-electron chi connectivity index (χ4n) is 1.77. The number of rotatable bonds is 4. The number of carbonyl (C=O) groups is 2. The van der Waals surface area contributed by atoms with Crippen LogP contribution in [0.15, 0.2) is 18.2 Å². The van der Waals surface area contributed by atoms with Crippen LogP contribution in [-0.2, 0) is 4.79 Å². The number of amides is 1. The zero-order valence-corrected chi connectivity index (χ0v) is 9.70. The van der Waals surface area contributed by atoms with Crippen LogP contribution < -0.4 is 5.73 Å². The van der Waals surface area contributed by atoms with Crippen LogP contribution in [-0.4, -0.2) is 32.0 Å². The maximum atomic E-state index is 10.9. The molecule has 0 fully saturated rings. The Morgan fingerprint density at radius 3 is 2.83 bits per heavy atom. The maximum absolute atomic E-state index is 10.9. The molecule has 1 atom stereocenters. The van der Waals surface area contributed by atoms with E-state index in [9.17, 15) is 9.59 Å². The molecule has 0 radical (unpaired) electrons. The van der Waals surface area contributed by atoms with Gasteiger partial charge < -0.3 is 10.8 Å². The number of primary amides is 1. The number of carboxylic acids is 1. The summed E-state index contributed by atoms with van der Waals surface area (Å²) in [6.07, 6.45) is 0.121. The second-order valence-electron chi connectivity index (χ2n) is 4.06. The molecule has 18 heavy (non-hydrogen) atoms. The SMILES string of the molecule is CC(CC(N)=O)n1nnc2ccc(C(=O)O)cc21. The number of nitrogens with zero attached hydrogens (tertiary/aromatic N) is 3. The Hall–Kier alpha value is -2.44. The summed E-state index contributed by atoms with van der Waals surface area (Å²) < 4.78 is 1.51. The first-order valence-electron chi connectivity index (χ1n) is 5.35. The Morgan fingerprint density at radius 2 is 2.22 bits per heavy atom. The zero-order chi connectivity index (χ0) is 13.3. The van der Waals surface area contributed by atoms with Gasteiger partial charge in [0, 0.05) is 6.42 Å². The number of hydrogen-bond acceptors (Lipinski definition) is 4. The number of fused-ring (bicyclic) bond motifs is 1. The minimum Gasteiger partial charge on any atom is -0.478 e. The smallest absolute Gasteiger partial charge is 0.335 e. The highest BCUT2D eigenvalue weighted by atomic mass is 16.4. The molecule has 0 aliphatic heterocycles. The summed E-state index contributed by atoms with van der Waals surface area (Å²) in [5, 5.41) is 16.8. The third-order valence-corrected chi connectivity index (χ3v) is 2.63. The van der Waals surface area contributed by atoms with Crippen molar-refractivity contribution in [1.82, 2.24) is 15.0 Å². The van der Waals surface area contributed by atoms with Crippen molar-refractivity contribution in [1.29, 1.82) is 0 Å². The largest absolute Gasteiger partial charge is 0.478 e. The average Bonchev–Trinajstić information content (AvgIpc) is 2.70. The van der Waals surface area contributed by atoms with E-state index in [1.807, 2.05) is 0 Å². The van der Waals surface area contributed by atoms with Crippen LogP contribution in [0.2, 0.25) is 0 Å². The van der Waals surface area contributed by atoms with E-state index in [1.54, 1.807) is 13.0 Å².